The number of aryl methyl sites for hydroxylation is 2. The maximum absolute atomic E-state index is 13.8. The average molecular weight is 533 g/mol. The van der Waals surface area contributed by atoms with Crippen LogP contribution < -0.4 is 4.90 Å². The summed E-state index contributed by atoms with van der Waals surface area (Å²) in [6, 6.07) is 16.6. The van der Waals surface area contributed by atoms with E-state index in [2.05, 4.69) is 71.0 Å². The molecule has 200 valence electrons. The maximum Gasteiger partial charge on any atom is 0.242 e. The van der Waals surface area contributed by atoms with Crippen LogP contribution in [-0.2, 0) is 19.7 Å². The van der Waals surface area contributed by atoms with Crippen molar-refractivity contribution in [1.82, 2.24) is 14.7 Å². The number of rotatable bonds is 4. The number of carbonyl (C=O) groups is 2. The first-order valence-corrected chi connectivity index (χ1v) is 14.2. The van der Waals surface area contributed by atoms with Gasteiger partial charge in [-0.05, 0) is 31.5 Å². The highest BCUT2D eigenvalue weighted by Gasteiger charge is 2.40. The molecule has 2 aliphatic heterocycles. The largest absolute Gasteiger partial charge is 0.378 e. The number of thioether (sulfide) groups is 1. The summed E-state index contributed by atoms with van der Waals surface area (Å²) in [5.41, 5.74) is 5.98. The molecule has 7 nitrogen and oxygen atoms in total. The molecule has 1 aromatic heterocycles. The van der Waals surface area contributed by atoms with Crippen LogP contribution in [0.15, 0.2) is 48.5 Å². The van der Waals surface area contributed by atoms with Crippen molar-refractivity contribution < 1.29 is 14.3 Å². The fraction of sp³-hybridized carbons (Fsp3) is 0.433. The fourth-order valence-electron chi connectivity index (χ4n) is 5.08. The molecule has 2 aliphatic rings. The van der Waals surface area contributed by atoms with E-state index in [4.69, 9.17) is 9.84 Å². The Balaban J connectivity index is 1.73. The number of nitrogens with zero attached hydrogens (tertiary/aromatic N) is 4. The van der Waals surface area contributed by atoms with E-state index in [-0.39, 0.29) is 34.8 Å². The van der Waals surface area contributed by atoms with Gasteiger partial charge in [-0.3, -0.25) is 14.5 Å². The molecule has 1 atom stereocenters. The molecule has 8 heteroatoms. The number of anilines is 1. The monoisotopic (exact) mass is 532 g/mol. The van der Waals surface area contributed by atoms with E-state index in [0.717, 1.165) is 28.1 Å². The van der Waals surface area contributed by atoms with Crippen molar-refractivity contribution in [1.29, 1.82) is 0 Å². The van der Waals surface area contributed by atoms with Gasteiger partial charge in [-0.15, -0.1) is 11.8 Å². The van der Waals surface area contributed by atoms with E-state index in [9.17, 15) is 9.59 Å². The molecule has 5 rings (SSSR count). The molecule has 3 heterocycles. The van der Waals surface area contributed by atoms with E-state index in [1.165, 1.54) is 5.56 Å². The van der Waals surface area contributed by atoms with Crippen molar-refractivity contribution in [2.24, 2.45) is 0 Å². The molecule has 2 aromatic carbocycles. The van der Waals surface area contributed by atoms with Gasteiger partial charge in [0.1, 0.15) is 12.4 Å². The smallest absolute Gasteiger partial charge is 0.242 e. The lowest BCUT2D eigenvalue weighted by Gasteiger charge is -2.30. The van der Waals surface area contributed by atoms with Gasteiger partial charge < -0.3 is 9.64 Å². The van der Waals surface area contributed by atoms with E-state index in [1.807, 2.05) is 16.8 Å². The third kappa shape index (κ3) is 5.24. The molecule has 1 unspecified atom stereocenters. The first-order valence-electron chi connectivity index (χ1n) is 13.2. The van der Waals surface area contributed by atoms with Gasteiger partial charge >= 0.3 is 0 Å². The normalized spacial score (nSPS) is 18.3. The highest BCUT2D eigenvalue weighted by Crippen LogP contribution is 2.48. The summed E-state index contributed by atoms with van der Waals surface area (Å²) in [4.78, 5) is 30.7. The van der Waals surface area contributed by atoms with Crippen molar-refractivity contribution in [2.75, 3.05) is 43.5 Å². The van der Waals surface area contributed by atoms with Gasteiger partial charge in [0.2, 0.25) is 11.8 Å². The molecule has 0 bridgehead atoms. The lowest BCUT2D eigenvalue weighted by atomic mass is 9.87. The Kier molecular flexibility index (Phi) is 7.38. The van der Waals surface area contributed by atoms with Crippen LogP contribution in [0.5, 0.6) is 0 Å². The summed E-state index contributed by atoms with van der Waals surface area (Å²) in [6.45, 7) is 12.7. The molecule has 0 radical (unpaired) electrons. The standard InChI is InChI=1S/C30H36N4O3S/c1-20-9-11-23(12-10-20)34-29-26(28(31-34)30(3,4)5)27(22-8-6-7-21(2)17-22)38-19-25(36)33(29)18-24(35)32-13-15-37-16-14-32/h6-12,17,27H,13-16,18-19H2,1-5H3. The molecule has 3 aromatic rings. The number of amides is 2. The molecule has 1 fully saturated rings. The van der Waals surface area contributed by atoms with Crippen LogP contribution in [0.1, 0.15) is 54.0 Å². The highest BCUT2D eigenvalue weighted by atomic mass is 32.2. The molecular formula is C30H36N4O3S. The average Bonchev–Trinajstić information content (AvgIpc) is 3.22. The van der Waals surface area contributed by atoms with Gasteiger partial charge in [-0.1, -0.05) is 68.3 Å². The molecule has 0 saturated carbocycles. The second-order valence-electron chi connectivity index (χ2n) is 11.2. The van der Waals surface area contributed by atoms with Gasteiger partial charge in [0, 0.05) is 24.1 Å². The number of benzene rings is 2. The SMILES string of the molecule is Cc1ccc(-n2nc(C(C)(C)C)c3c2N(CC(=O)N2CCOCC2)C(=O)CSC3c2cccc(C)c2)cc1. The van der Waals surface area contributed by atoms with Crippen LogP contribution in [0.4, 0.5) is 5.82 Å². The molecule has 1 saturated heterocycles. The number of aromatic nitrogens is 2. The van der Waals surface area contributed by atoms with Crippen molar-refractivity contribution >= 4 is 29.4 Å². The summed E-state index contributed by atoms with van der Waals surface area (Å²) in [5.74, 6) is 0.824. The summed E-state index contributed by atoms with van der Waals surface area (Å²) in [7, 11) is 0. The summed E-state index contributed by atoms with van der Waals surface area (Å²) in [5, 5.41) is 5.08. The number of carbonyl (C=O) groups excluding carboxylic acids is 2. The van der Waals surface area contributed by atoms with Crippen LogP contribution in [0.2, 0.25) is 0 Å². The Morgan fingerprint density at radius 3 is 2.42 bits per heavy atom. The summed E-state index contributed by atoms with van der Waals surface area (Å²) >= 11 is 1.61. The van der Waals surface area contributed by atoms with Gasteiger partial charge in [0.15, 0.2) is 0 Å². The highest BCUT2D eigenvalue weighted by molar-refractivity contribution is 8.00. The van der Waals surface area contributed by atoms with Gasteiger partial charge in [-0.2, -0.15) is 5.10 Å². The minimum absolute atomic E-state index is 0.0198. The number of ether oxygens (including phenoxy) is 1. The van der Waals surface area contributed by atoms with Crippen LogP contribution in [0.3, 0.4) is 0 Å². The predicted octanol–water partition coefficient (Wildman–Crippen LogP) is 4.81. The zero-order chi connectivity index (χ0) is 27.0. The minimum Gasteiger partial charge on any atom is -0.378 e. The maximum atomic E-state index is 13.8. The molecule has 0 N–H and O–H groups in total. The van der Waals surface area contributed by atoms with E-state index >= 15 is 0 Å². The van der Waals surface area contributed by atoms with Crippen molar-refractivity contribution in [3.05, 3.63) is 76.5 Å². The Bertz CT molecular complexity index is 1340. The Morgan fingerprint density at radius 2 is 1.76 bits per heavy atom. The summed E-state index contributed by atoms with van der Waals surface area (Å²) in [6.07, 6.45) is 0. The number of morpholine rings is 1. The number of hydrogen-bond acceptors (Lipinski definition) is 5. The van der Waals surface area contributed by atoms with Gasteiger partial charge in [0.25, 0.3) is 0 Å². The number of fused-ring (bicyclic) bond motifs is 1. The van der Waals surface area contributed by atoms with Crippen molar-refractivity contribution in [3.63, 3.8) is 0 Å². The number of hydrogen-bond donors (Lipinski definition) is 0. The minimum atomic E-state index is -0.282. The van der Waals surface area contributed by atoms with E-state index in [1.54, 1.807) is 21.6 Å². The predicted molar refractivity (Wildman–Crippen MR) is 152 cm³/mol. The van der Waals surface area contributed by atoms with Crippen molar-refractivity contribution in [2.45, 2.75) is 45.3 Å². The molecule has 38 heavy (non-hydrogen) atoms. The molecule has 0 aliphatic carbocycles. The quantitative estimate of drug-likeness (QED) is 0.482. The lowest BCUT2D eigenvalue weighted by Crippen LogP contribution is -2.48. The van der Waals surface area contributed by atoms with E-state index in [0.29, 0.717) is 32.1 Å². The zero-order valence-corrected chi connectivity index (χ0v) is 23.7. The zero-order valence-electron chi connectivity index (χ0n) is 22.9. The topological polar surface area (TPSA) is 67.7 Å². The third-order valence-electron chi connectivity index (χ3n) is 7.08. The first kappa shape index (κ1) is 26.5. The fourth-order valence-corrected chi connectivity index (χ4v) is 6.27. The van der Waals surface area contributed by atoms with Crippen LogP contribution >= 0.6 is 11.8 Å². The molecular weight excluding hydrogens is 496 g/mol. The Hall–Kier alpha value is -3.10. The van der Waals surface area contributed by atoms with Crippen LogP contribution in [0, 0.1) is 13.8 Å². The lowest BCUT2D eigenvalue weighted by molar-refractivity contribution is -0.134. The van der Waals surface area contributed by atoms with Crippen molar-refractivity contribution in [3.8, 4) is 5.69 Å². The van der Waals surface area contributed by atoms with Gasteiger partial charge in [0.05, 0.1) is 35.6 Å². The molecule has 2 amide bonds. The second-order valence-corrected chi connectivity index (χ2v) is 12.3. The third-order valence-corrected chi connectivity index (χ3v) is 8.33. The molecule has 0 spiro atoms. The van der Waals surface area contributed by atoms with E-state index < -0.39 is 0 Å². The van der Waals surface area contributed by atoms with Gasteiger partial charge in [-0.25, -0.2) is 4.68 Å². The van der Waals surface area contributed by atoms with Crippen LogP contribution in [0.25, 0.3) is 5.69 Å². The second kappa shape index (κ2) is 10.6. The van der Waals surface area contributed by atoms with Crippen LogP contribution in [-0.4, -0.2) is 65.1 Å². The summed E-state index contributed by atoms with van der Waals surface area (Å²) < 4.78 is 7.33. The Labute approximate surface area is 229 Å². The first-order chi connectivity index (χ1) is 18.1. The Morgan fingerprint density at radius 1 is 1.05 bits per heavy atom.